The number of rotatable bonds is 3. The molecule has 3 aliphatic rings. The number of carbonyl (C=O) groups excluding carboxylic acids is 2. The van der Waals surface area contributed by atoms with E-state index in [0.29, 0.717) is 17.2 Å². The molecule has 5 nitrogen and oxygen atoms in total. The normalized spacial score (nSPS) is 19.0. The van der Waals surface area contributed by atoms with Gasteiger partial charge >= 0.3 is 0 Å². The number of carbonyl (C=O) groups is 2. The molecule has 0 aliphatic carbocycles. The first-order chi connectivity index (χ1) is 14.2. The monoisotopic (exact) mass is 407 g/mol. The van der Waals surface area contributed by atoms with E-state index >= 15 is 0 Å². The van der Waals surface area contributed by atoms with Crippen molar-refractivity contribution in [3.05, 3.63) is 53.6 Å². The highest BCUT2D eigenvalue weighted by Crippen LogP contribution is 2.33. The van der Waals surface area contributed by atoms with Crippen LogP contribution in [0.5, 0.6) is 0 Å². The number of para-hydroxylation sites is 1. The van der Waals surface area contributed by atoms with Crippen molar-refractivity contribution in [2.24, 2.45) is 5.92 Å². The lowest BCUT2D eigenvalue weighted by Crippen LogP contribution is -2.41. The molecule has 2 amide bonds. The van der Waals surface area contributed by atoms with E-state index in [2.05, 4.69) is 34.5 Å². The summed E-state index contributed by atoms with van der Waals surface area (Å²) in [5, 5.41) is 2.88. The highest BCUT2D eigenvalue weighted by Gasteiger charge is 2.28. The van der Waals surface area contributed by atoms with Gasteiger partial charge in [0.05, 0.1) is 11.4 Å². The van der Waals surface area contributed by atoms with Gasteiger partial charge in [-0.25, -0.2) is 0 Å². The highest BCUT2D eigenvalue weighted by molar-refractivity contribution is 8.00. The van der Waals surface area contributed by atoms with Crippen LogP contribution in [0.25, 0.3) is 0 Å². The Morgan fingerprint density at radius 2 is 1.93 bits per heavy atom. The number of anilines is 2. The molecule has 1 fully saturated rings. The molecule has 5 rings (SSSR count). The molecule has 0 radical (unpaired) electrons. The second-order valence-electron chi connectivity index (χ2n) is 8.11. The van der Waals surface area contributed by atoms with Gasteiger partial charge in [0.1, 0.15) is 0 Å². The van der Waals surface area contributed by atoms with Crippen LogP contribution in [0.3, 0.4) is 0 Å². The number of amides is 2. The Balaban J connectivity index is 1.19. The molecule has 3 heterocycles. The van der Waals surface area contributed by atoms with E-state index in [0.717, 1.165) is 56.0 Å². The van der Waals surface area contributed by atoms with Gasteiger partial charge in [-0.2, -0.15) is 0 Å². The van der Waals surface area contributed by atoms with Gasteiger partial charge in [-0.05, 0) is 55.0 Å². The van der Waals surface area contributed by atoms with Crippen molar-refractivity contribution in [3.63, 3.8) is 0 Å². The first-order valence-corrected chi connectivity index (χ1v) is 11.3. The van der Waals surface area contributed by atoms with Crippen molar-refractivity contribution in [1.29, 1.82) is 0 Å². The van der Waals surface area contributed by atoms with Crippen molar-refractivity contribution in [2.75, 3.05) is 42.1 Å². The molecule has 0 aromatic heterocycles. The Labute approximate surface area is 175 Å². The fourth-order valence-electron chi connectivity index (χ4n) is 4.63. The van der Waals surface area contributed by atoms with Crippen molar-refractivity contribution >= 4 is 35.0 Å². The lowest BCUT2D eigenvalue weighted by Gasteiger charge is -2.34. The minimum Gasteiger partial charge on any atom is -0.371 e. The predicted molar refractivity (Wildman–Crippen MR) is 117 cm³/mol. The lowest BCUT2D eigenvalue weighted by molar-refractivity contribution is -0.113. The Bertz CT molecular complexity index is 953. The zero-order chi connectivity index (χ0) is 19.8. The number of nitrogens with one attached hydrogen (secondary N) is 1. The number of piperidine rings is 1. The van der Waals surface area contributed by atoms with Gasteiger partial charge in [-0.1, -0.05) is 18.2 Å². The minimum absolute atomic E-state index is 0.00333. The summed E-state index contributed by atoms with van der Waals surface area (Å²) in [5.74, 6) is 1.14. The van der Waals surface area contributed by atoms with Gasteiger partial charge in [0.25, 0.3) is 5.91 Å². The van der Waals surface area contributed by atoms with Gasteiger partial charge in [0, 0.05) is 42.3 Å². The van der Waals surface area contributed by atoms with E-state index in [4.69, 9.17) is 0 Å². The summed E-state index contributed by atoms with van der Waals surface area (Å²) in [5.41, 5.74) is 4.27. The van der Waals surface area contributed by atoms with Crippen LogP contribution in [0.2, 0.25) is 0 Å². The number of likely N-dealkylation sites (tertiary alicyclic amines) is 1. The largest absolute Gasteiger partial charge is 0.371 e. The maximum Gasteiger partial charge on any atom is 0.253 e. The Morgan fingerprint density at radius 1 is 1.10 bits per heavy atom. The molecule has 0 bridgehead atoms. The van der Waals surface area contributed by atoms with Crippen LogP contribution in [0.15, 0.2) is 47.4 Å². The van der Waals surface area contributed by atoms with E-state index in [1.807, 2.05) is 23.1 Å². The van der Waals surface area contributed by atoms with E-state index in [-0.39, 0.29) is 11.8 Å². The van der Waals surface area contributed by atoms with Crippen LogP contribution in [-0.4, -0.2) is 48.6 Å². The molecule has 2 aromatic rings. The number of benzene rings is 2. The fourth-order valence-corrected chi connectivity index (χ4v) is 5.41. The molecule has 6 heteroatoms. The zero-order valence-electron chi connectivity index (χ0n) is 16.4. The van der Waals surface area contributed by atoms with Crippen LogP contribution in [0.4, 0.5) is 11.4 Å². The quantitative estimate of drug-likeness (QED) is 0.844. The summed E-state index contributed by atoms with van der Waals surface area (Å²) in [4.78, 5) is 30.1. The van der Waals surface area contributed by atoms with Gasteiger partial charge < -0.3 is 15.1 Å². The molecule has 0 spiro atoms. The van der Waals surface area contributed by atoms with E-state index in [1.165, 1.54) is 23.0 Å². The number of hydrogen-bond acceptors (Lipinski definition) is 4. The average molecular weight is 408 g/mol. The van der Waals surface area contributed by atoms with Gasteiger partial charge in [0.2, 0.25) is 5.91 Å². The van der Waals surface area contributed by atoms with Gasteiger partial charge in [-0.3, -0.25) is 9.59 Å². The van der Waals surface area contributed by atoms with Crippen LogP contribution in [-0.2, 0) is 11.2 Å². The highest BCUT2D eigenvalue weighted by atomic mass is 32.2. The van der Waals surface area contributed by atoms with Crippen molar-refractivity contribution in [1.82, 2.24) is 4.90 Å². The van der Waals surface area contributed by atoms with Crippen LogP contribution in [0, 0.1) is 5.92 Å². The summed E-state index contributed by atoms with van der Waals surface area (Å²) in [7, 11) is 0. The standard InChI is InChI=1S/C23H25N3O2S/c27-22-15-29-21-6-5-18(13-19(21)24-22)23(28)25-10-7-16(8-11-25)14-26-12-9-17-3-1-2-4-20(17)26/h1-6,13,16H,7-12,14-15H2,(H,24,27). The maximum absolute atomic E-state index is 13.0. The summed E-state index contributed by atoms with van der Waals surface area (Å²) < 4.78 is 0. The molecular weight excluding hydrogens is 382 g/mol. The molecule has 2 aromatic carbocycles. The first kappa shape index (κ1) is 18.6. The van der Waals surface area contributed by atoms with Gasteiger partial charge in [-0.15, -0.1) is 11.8 Å². The third-order valence-electron chi connectivity index (χ3n) is 6.22. The Kier molecular flexibility index (Phi) is 4.96. The topological polar surface area (TPSA) is 52.7 Å². The Morgan fingerprint density at radius 3 is 2.79 bits per heavy atom. The van der Waals surface area contributed by atoms with Crippen LogP contribution >= 0.6 is 11.8 Å². The first-order valence-electron chi connectivity index (χ1n) is 10.4. The molecule has 1 saturated heterocycles. The molecule has 0 atom stereocenters. The van der Waals surface area contributed by atoms with E-state index < -0.39 is 0 Å². The number of thioether (sulfide) groups is 1. The number of nitrogens with zero attached hydrogens (tertiary/aromatic N) is 2. The predicted octanol–water partition coefficient (Wildman–Crippen LogP) is 3.65. The molecule has 3 aliphatic heterocycles. The lowest BCUT2D eigenvalue weighted by atomic mass is 9.95. The van der Waals surface area contributed by atoms with Crippen LogP contribution in [0.1, 0.15) is 28.8 Å². The maximum atomic E-state index is 13.0. The fraction of sp³-hybridized carbons (Fsp3) is 0.391. The van der Waals surface area contributed by atoms with Crippen molar-refractivity contribution in [2.45, 2.75) is 24.2 Å². The second-order valence-corrected chi connectivity index (χ2v) is 9.13. The number of hydrogen-bond donors (Lipinski definition) is 1. The van der Waals surface area contributed by atoms with E-state index in [9.17, 15) is 9.59 Å². The van der Waals surface area contributed by atoms with Crippen molar-refractivity contribution in [3.8, 4) is 0 Å². The summed E-state index contributed by atoms with van der Waals surface area (Å²) >= 11 is 1.52. The zero-order valence-corrected chi connectivity index (χ0v) is 17.2. The molecule has 1 N–H and O–H groups in total. The molecular formula is C23H25N3O2S. The van der Waals surface area contributed by atoms with E-state index in [1.54, 1.807) is 0 Å². The SMILES string of the molecule is O=C1CSc2ccc(C(=O)N3CCC(CN4CCc5ccccc54)CC3)cc2N1. The molecule has 150 valence electrons. The Hall–Kier alpha value is -2.47. The molecule has 0 saturated carbocycles. The third kappa shape index (κ3) is 3.73. The summed E-state index contributed by atoms with van der Waals surface area (Å²) in [6, 6.07) is 14.4. The van der Waals surface area contributed by atoms with Crippen molar-refractivity contribution < 1.29 is 9.59 Å². The minimum atomic E-state index is -0.00333. The second kappa shape index (κ2) is 7.75. The smallest absolute Gasteiger partial charge is 0.253 e. The van der Waals surface area contributed by atoms with Gasteiger partial charge in [0.15, 0.2) is 0 Å². The average Bonchev–Trinajstić information content (AvgIpc) is 3.16. The summed E-state index contributed by atoms with van der Waals surface area (Å²) in [6.45, 7) is 3.80. The number of fused-ring (bicyclic) bond motifs is 2. The van der Waals surface area contributed by atoms with Crippen LogP contribution < -0.4 is 10.2 Å². The molecule has 0 unspecified atom stereocenters. The third-order valence-corrected chi connectivity index (χ3v) is 7.30. The summed E-state index contributed by atoms with van der Waals surface area (Å²) in [6.07, 6.45) is 3.23. The molecule has 29 heavy (non-hydrogen) atoms.